The molecule has 0 aliphatic carbocycles. The molecule has 5 rings (SSSR count). The summed E-state index contributed by atoms with van der Waals surface area (Å²) in [4.78, 5) is 21.5. The molecule has 9 heteroatoms. The van der Waals surface area contributed by atoms with Crippen molar-refractivity contribution in [3.05, 3.63) is 123 Å². The Kier molecular flexibility index (Phi) is 11.5. The maximum absolute atomic E-state index is 12.9. The number of amides is 1. The summed E-state index contributed by atoms with van der Waals surface area (Å²) in [6, 6.07) is 23.4. The van der Waals surface area contributed by atoms with Gasteiger partial charge in [-0.2, -0.15) is 0 Å². The monoisotopic (exact) mass is 637 g/mol. The summed E-state index contributed by atoms with van der Waals surface area (Å²) in [6.45, 7) is 8.45. The molecule has 0 atom stereocenters. The number of nitrogens with zero attached hydrogens (tertiary/aromatic N) is 3. The predicted molar refractivity (Wildman–Crippen MR) is 176 cm³/mol. The number of piperazine rings is 1. The largest absolute Gasteiger partial charge is 0.487 e. The van der Waals surface area contributed by atoms with E-state index in [9.17, 15) is 4.79 Å². The first-order valence-corrected chi connectivity index (χ1v) is 14.6. The van der Waals surface area contributed by atoms with Crippen LogP contribution >= 0.6 is 35.6 Å². The number of benzene rings is 3. The molecule has 1 saturated heterocycles. The lowest BCUT2D eigenvalue weighted by molar-refractivity contribution is -0.127. The van der Waals surface area contributed by atoms with E-state index in [2.05, 4.69) is 41.1 Å². The molecule has 0 N–H and O–H groups in total. The van der Waals surface area contributed by atoms with Crippen molar-refractivity contribution in [3.63, 3.8) is 0 Å². The van der Waals surface area contributed by atoms with Gasteiger partial charge in [0.25, 0.3) is 0 Å². The van der Waals surface area contributed by atoms with Crippen molar-refractivity contribution in [2.45, 2.75) is 27.0 Å². The molecular formula is C34H34Cl3N3O3. The lowest BCUT2D eigenvalue weighted by atomic mass is 10.1. The van der Waals surface area contributed by atoms with E-state index in [1.54, 1.807) is 36.5 Å². The second kappa shape index (κ2) is 15.3. The highest BCUT2D eigenvalue weighted by Gasteiger charge is 2.20. The van der Waals surface area contributed by atoms with Crippen LogP contribution in [0.4, 0.5) is 0 Å². The first-order valence-electron chi connectivity index (χ1n) is 13.9. The van der Waals surface area contributed by atoms with E-state index >= 15 is 0 Å². The van der Waals surface area contributed by atoms with Gasteiger partial charge in [-0.1, -0.05) is 65.2 Å². The van der Waals surface area contributed by atoms with Gasteiger partial charge in [0.1, 0.15) is 12.4 Å². The zero-order valence-electron chi connectivity index (χ0n) is 24.1. The van der Waals surface area contributed by atoms with Crippen LogP contribution in [0.5, 0.6) is 17.4 Å². The fourth-order valence-corrected chi connectivity index (χ4v) is 5.14. The average Bonchev–Trinajstić information content (AvgIpc) is 2.99. The van der Waals surface area contributed by atoms with Crippen molar-refractivity contribution < 1.29 is 14.3 Å². The first kappa shape index (κ1) is 32.4. The molecule has 0 unspecified atom stereocenters. The molecular weight excluding hydrogens is 605 g/mol. The van der Waals surface area contributed by atoms with Gasteiger partial charge in [0.15, 0.2) is 5.75 Å². The molecule has 1 aliphatic rings. The molecule has 0 spiro atoms. The Morgan fingerprint density at radius 2 is 1.60 bits per heavy atom. The number of ether oxygens (including phenoxy) is 2. The number of hydrogen-bond acceptors (Lipinski definition) is 5. The molecule has 4 aromatic rings. The van der Waals surface area contributed by atoms with Gasteiger partial charge < -0.3 is 14.4 Å². The van der Waals surface area contributed by atoms with Gasteiger partial charge in [-0.15, -0.1) is 12.4 Å². The number of rotatable bonds is 9. The van der Waals surface area contributed by atoms with Crippen molar-refractivity contribution in [2.24, 2.45) is 0 Å². The van der Waals surface area contributed by atoms with Crippen LogP contribution in [0.15, 0.2) is 85.1 Å². The molecule has 224 valence electrons. The van der Waals surface area contributed by atoms with Crippen molar-refractivity contribution in [2.75, 3.05) is 26.2 Å². The third-order valence-corrected chi connectivity index (χ3v) is 7.65. The average molecular weight is 639 g/mol. The van der Waals surface area contributed by atoms with Crippen LogP contribution in [-0.4, -0.2) is 46.9 Å². The Labute approximate surface area is 269 Å². The molecule has 0 bridgehead atoms. The molecule has 1 aliphatic heterocycles. The molecule has 3 aromatic carbocycles. The summed E-state index contributed by atoms with van der Waals surface area (Å²) in [5, 5.41) is 1.13. The molecule has 0 saturated carbocycles. The summed E-state index contributed by atoms with van der Waals surface area (Å²) < 4.78 is 11.8. The van der Waals surface area contributed by atoms with Gasteiger partial charge in [-0.25, -0.2) is 4.98 Å². The second-order valence-corrected chi connectivity index (χ2v) is 11.3. The van der Waals surface area contributed by atoms with E-state index in [4.69, 9.17) is 32.7 Å². The van der Waals surface area contributed by atoms with Crippen LogP contribution in [0.1, 0.15) is 27.8 Å². The quantitative estimate of drug-likeness (QED) is 0.173. The normalized spacial score (nSPS) is 13.5. The van der Waals surface area contributed by atoms with Crippen LogP contribution < -0.4 is 9.47 Å². The number of carbonyl (C=O) groups excluding carboxylic acids is 1. The van der Waals surface area contributed by atoms with Crippen molar-refractivity contribution in [3.8, 4) is 17.4 Å². The van der Waals surface area contributed by atoms with Gasteiger partial charge in [0.05, 0.1) is 11.2 Å². The zero-order valence-corrected chi connectivity index (χ0v) is 26.5. The molecule has 2 heterocycles. The topological polar surface area (TPSA) is 54.9 Å². The molecule has 0 radical (unpaired) electrons. The summed E-state index contributed by atoms with van der Waals surface area (Å²) in [7, 11) is 0. The van der Waals surface area contributed by atoms with Crippen LogP contribution in [0.3, 0.4) is 0 Å². The number of carbonyl (C=O) groups is 1. The third-order valence-electron chi connectivity index (χ3n) is 7.12. The van der Waals surface area contributed by atoms with Gasteiger partial charge in [0, 0.05) is 49.9 Å². The highest BCUT2D eigenvalue weighted by Crippen LogP contribution is 2.34. The number of pyridine rings is 1. The number of aromatic nitrogens is 1. The van der Waals surface area contributed by atoms with Crippen LogP contribution in [0.25, 0.3) is 6.08 Å². The molecule has 43 heavy (non-hydrogen) atoms. The Balaban J connectivity index is 0.00000423. The predicted octanol–water partition coefficient (Wildman–Crippen LogP) is 8.16. The Morgan fingerprint density at radius 1 is 0.907 bits per heavy atom. The van der Waals surface area contributed by atoms with Crippen molar-refractivity contribution >= 4 is 47.6 Å². The van der Waals surface area contributed by atoms with Gasteiger partial charge >= 0.3 is 0 Å². The number of hydrogen-bond donors (Lipinski definition) is 0. The summed E-state index contributed by atoms with van der Waals surface area (Å²) >= 11 is 12.5. The first-order chi connectivity index (χ1) is 20.3. The van der Waals surface area contributed by atoms with Gasteiger partial charge in [-0.3, -0.25) is 9.69 Å². The van der Waals surface area contributed by atoms with E-state index in [1.165, 1.54) is 11.1 Å². The maximum atomic E-state index is 12.9. The SMILES string of the molecule is Cc1ccc(CN2CCN(C(=O)C=Cc3cc(C)c(Oc4ccc(OCc5ccc(Cl)cc5)cn4)c(Cl)c3)CC2)cc1.Cl. The van der Waals surface area contributed by atoms with E-state index < -0.39 is 0 Å². The zero-order chi connectivity index (χ0) is 29.5. The minimum absolute atomic E-state index is 0. The minimum atomic E-state index is 0. The Morgan fingerprint density at radius 3 is 2.26 bits per heavy atom. The highest BCUT2D eigenvalue weighted by atomic mass is 35.5. The van der Waals surface area contributed by atoms with E-state index in [0.717, 1.165) is 36.3 Å². The standard InChI is InChI=1S/C34H33Cl2N3O3.ClH/c1-24-3-5-26(6-4-24)22-38-15-17-39(18-16-38)33(40)14-9-28-19-25(2)34(31(36)20-28)42-32-13-12-30(21-37-32)41-23-27-7-10-29(35)11-8-27;/h3-14,19-21H,15-18,22-23H2,1-2H3;1H. The van der Waals surface area contributed by atoms with Crippen molar-refractivity contribution in [1.82, 2.24) is 14.8 Å². The fourth-order valence-electron chi connectivity index (χ4n) is 4.70. The molecule has 1 fully saturated rings. The summed E-state index contributed by atoms with van der Waals surface area (Å²) in [5.74, 6) is 1.55. The highest BCUT2D eigenvalue weighted by molar-refractivity contribution is 6.32. The Hall–Kier alpha value is -3.55. The number of halogens is 3. The summed E-state index contributed by atoms with van der Waals surface area (Å²) in [6.07, 6.45) is 5.03. The maximum Gasteiger partial charge on any atom is 0.246 e. The Bertz CT molecular complexity index is 1510. The summed E-state index contributed by atoms with van der Waals surface area (Å²) in [5.41, 5.74) is 5.24. The van der Waals surface area contributed by atoms with Crippen molar-refractivity contribution in [1.29, 1.82) is 0 Å². The van der Waals surface area contributed by atoms with Crippen LogP contribution in [-0.2, 0) is 17.9 Å². The van der Waals surface area contributed by atoms with E-state index in [0.29, 0.717) is 47.1 Å². The molecule has 1 aromatic heterocycles. The van der Waals surface area contributed by atoms with Crippen LogP contribution in [0, 0.1) is 13.8 Å². The van der Waals surface area contributed by atoms with Gasteiger partial charge in [0.2, 0.25) is 11.8 Å². The molecule has 1 amide bonds. The lowest BCUT2D eigenvalue weighted by Crippen LogP contribution is -2.47. The second-order valence-electron chi connectivity index (χ2n) is 10.4. The van der Waals surface area contributed by atoms with Crippen LogP contribution in [0.2, 0.25) is 10.0 Å². The number of aryl methyl sites for hydroxylation is 2. The smallest absolute Gasteiger partial charge is 0.246 e. The lowest BCUT2D eigenvalue weighted by Gasteiger charge is -2.34. The fraction of sp³-hybridized carbons (Fsp3) is 0.235. The van der Waals surface area contributed by atoms with E-state index in [-0.39, 0.29) is 18.3 Å². The third kappa shape index (κ3) is 9.22. The van der Waals surface area contributed by atoms with E-state index in [1.807, 2.05) is 42.2 Å². The van der Waals surface area contributed by atoms with Gasteiger partial charge in [-0.05, 0) is 72.5 Å². The minimum Gasteiger partial charge on any atom is -0.487 e. The molecule has 6 nitrogen and oxygen atoms in total.